The van der Waals surface area contributed by atoms with E-state index in [1.54, 1.807) is 24.3 Å². The number of aromatic nitrogens is 2. The molecule has 5 heteroatoms. The summed E-state index contributed by atoms with van der Waals surface area (Å²) in [5, 5.41) is 2.96. The Morgan fingerprint density at radius 3 is 2.90 bits per heavy atom. The predicted octanol–water partition coefficient (Wildman–Crippen LogP) is 2.71. The predicted molar refractivity (Wildman–Crippen MR) is 87.1 cm³/mol. The normalized spacial score (nSPS) is 12.0. The quantitative estimate of drug-likeness (QED) is 0.763. The van der Waals surface area contributed by atoms with Crippen molar-refractivity contribution in [1.29, 1.82) is 0 Å². The highest BCUT2D eigenvalue weighted by atomic mass is 32.2. The number of nitrogens with zero attached hydrogens (tertiary/aromatic N) is 2. The number of aryl methyl sites for hydroxylation is 1. The minimum atomic E-state index is -0.0292. The van der Waals surface area contributed by atoms with Crippen LogP contribution in [-0.2, 0) is 17.1 Å². The van der Waals surface area contributed by atoms with Gasteiger partial charge in [-0.3, -0.25) is 4.79 Å². The molecule has 2 rings (SSSR count). The second kappa shape index (κ2) is 8.52. The second-order valence-corrected chi connectivity index (χ2v) is 6.21. The summed E-state index contributed by atoms with van der Waals surface area (Å²) in [4.78, 5) is 16.0. The second-order valence-electron chi connectivity index (χ2n) is 4.88. The lowest BCUT2D eigenvalue weighted by Gasteiger charge is -2.12. The number of carbonyl (C=O) groups excluding carboxylic acids is 1. The molecule has 2 aromatic rings. The van der Waals surface area contributed by atoms with E-state index in [-0.39, 0.29) is 11.2 Å². The van der Waals surface area contributed by atoms with Gasteiger partial charge in [0.05, 0.1) is 11.6 Å². The van der Waals surface area contributed by atoms with Gasteiger partial charge in [-0.25, -0.2) is 4.98 Å². The number of rotatable bonds is 8. The Labute approximate surface area is 130 Å². The summed E-state index contributed by atoms with van der Waals surface area (Å²) in [5.74, 6) is 0.978. The van der Waals surface area contributed by atoms with E-state index in [0.29, 0.717) is 6.54 Å². The minimum Gasteiger partial charge on any atom is -0.355 e. The Bertz CT molecular complexity index is 528. The fourth-order valence-corrected chi connectivity index (χ4v) is 2.78. The monoisotopic (exact) mass is 303 g/mol. The molecule has 0 aliphatic carbocycles. The van der Waals surface area contributed by atoms with Crippen LogP contribution in [0.15, 0.2) is 49.1 Å². The van der Waals surface area contributed by atoms with Crippen LogP contribution in [-0.4, -0.2) is 27.3 Å². The molecule has 1 N–H and O–H groups in total. The van der Waals surface area contributed by atoms with E-state index in [4.69, 9.17) is 0 Å². The van der Waals surface area contributed by atoms with Crippen molar-refractivity contribution in [3.63, 3.8) is 0 Å². The smallest absolute Gasteiger partial charge is 0.232 e. The van der Waals surface area contributed by atoms with E-state index < -0.39 is 0 Å². The maximum Gasteiger partial charge on any atom is 0.232 e. The first-order valence-electron chi connectivity index (χ1n) is 7.14. The Morgan fingerprint density at radius 2 is 2.19 bits per heavy atom. The highest BCUT2D eigenvalue weighted by Crippen LogP contribution is 2.17. The van der Waals surface area contributed by atoms with Gasteiger partial charge in [-0.15, -0.1) is 11.8 Å². The molecule has 0 bridgehead atoms. The number of thioether (sulfide) groups is 1. The SMILES string of the molecule is C[C@@H](SCc1ccccc1)C(=O)NCCCn1ccnc1. The molecule has 0 radical (unpaired) electrons. The topological polar surface area (TPSA) is 46.9 Å². The van der Waals surface area contributed by atoms with Crippen LogP contribution in [0.3, 0.4) is 0 Å². The lowest BCUT2D eigenvalue weighted by Crippen LogP contribution is -2.32. The van der Waals surface area contributed by atoms with E-state index in [9.17, 15) is 4.79 Å². The van der Waals surface area contributed by atoms with Gasteiger partial charge in [0.1, 0.15) is 0 Å². The number of amides is 1. The largest absolute Gasteiger partial charge is 0.355 e. The van der Waals surface area contributed by atoms with Gasteiger partial charge in [0, 0.05) is 31.2 Å². The lowest BCUT2D eigenvalue weighted by molar-refractivity contribution is -0.120. The van der Waals surface area contributed by atoms with Crippen LogP contribution in [0.1, 0.15) is 18.9 Å². The fourth-order valence-electron chi connectivity index (χ4n) is 1.91. The van der Waals surface area contributed by atoms with Gasteiger partial charge in [-0.2, -0.15) is 0 Å². The first-order valence-corrected chi connectivity index (χ1v) is 8.19. The Balaban J connectivity index is 1.61. The van der Waals surface area contributed by atoms with Crippen molar-refractivity contribution < 1.29 is 4.79 Å². The Kier molecular flexibility index (Phi) is 6.34. The van der Waals surface area contributed by atoms with Crippen LogP contribution in [0.4, 0.5) is 0 Å². The summed E-state index contributed by atoms with van der Waals surface area (Å²) in [5.41, 5.74) is 1.25. The van der Waals surface area contributed by atoms with Crippen molar-refractivity contribution in [2.24, 2.45) is 0 Å². The zero-order valence-electron chi connectivity index (χ0n) is 12.2. The molecule has 0 fully saturated rings. The molecule has 0 unspecified atom stereocenters. The summed E-state index contributed by atoms with van der Waals surface area (Å²) in [7, 11) is 0. The third-order valence-electron chi connectivity index (χ3n) is 3.16. The van der Waals surface area contributed by atoms with Crippen LogP contribution in [0.25, 0.3) is 0 Å². The van der Waals surface area contributed by atoms with Gasteiger partial charge in [0.25, 0.3) is 0 Å². The van der Waals surface area contributed by atoms with Gasteiger partial charge in [0.15, 0.2) is 0 Å². The van der Waals surface area contributed by atoms with Crippen LogP contribution in [0.5, 0.6) is 0 Å². The van der Waals surface area contributed by atoms with Gasteiger partial charge in [0.2, 0.25) is 5.91 Å². The number of carbonyl (C=O) groups is 1. The van der Waals surface area contributed by atoms with Gasteiger partial charge < -0.3 is 9.88 Å². The minimum absolute atomic E-state index is 0.0292. The summed E-state index contributed by atoms with van der Waals surface area (Å²) in [6, 6.07) is 10.2. The van der Waals surface area contributed by atoms with E-state index >= 15 is 0 Å². The molecule has 1 amide bonds. The van der Waals surface area contributed by atoms with Crippen LogP contribution < -0.4 is 5.32 Å². The highest BCUT2D eigenvalue weighted by molar-refractivity contribution is 7.99. The average molecular weight is 303 g/mol. The van der Waals surface area contributed by atoms with Crippen LogP contribution in [0, 0.1) is 0 Å². The molecule has 4 nitrogen and oxygen atoms in total. The van der Waals surface area contributed by atoms with E-state index in [1.165, 1.54) is 5.56 Å². The average Bonchev–Trinajstić information content (AvgIpc) is 3.03. The van der Waals surface area contributed by atoms with Crippen molar-refractivity contribution in [2.75, 3.05) is 6.54 Å². The molecule has 21 heavy (non-hydrogen) atoms. The van der Waals surface area contributed by atoms with Gasteiger partial charge >= 0.3 is 0 Å². The van der Waals surface area contributed by atoms with Gasteiger partial charge in [-0.1, -0.05) is 30.3 Å². The first-order chi connectivity index (χ1) is 10.3. The molecule has 112 valence electrons. The number of nitrogens with one attached hydrogen (secondary N) is 1. The van der Waals surface area contributed by atoms with Crippen molar-refractivity contribution in [3.8, 4) is 0 Å². The molecular formula is C16H21N3OS. The molecule has 0 saturated carbocycles. The number of imidazole rings is 1. The Morgan fingerprint density at radius 1 is 1.38 bits per heavy atom. The molecule has 0 saturated heterocycles. The fraction of sp³-hybridized carbons (Fsp3) is 0.375. The van der Waals surface area contributed by atoms with E-state index in [0.717, 1.165) is 18.7 Å². The van der Waals surface area contributed by atoms with E-state index in [2.05, 4.69) is 22.4 Å². The molecule has 0 aliphatic heterocycles. The highest BCUT2D eigenvalue weighted by Gasteiger charge is 2.12. The van der Waals surface area contributed by atoms with Crippen molar-refractivity contribution in [3.05, 3.63) is 54.6 Å². The summed E-state index contributed by atoms with van der Waals surface area (Å²) in [6.45, 7) is 3.54. The van der Waals surface area contributed by atoms with Crippen molar-refractivity contribution in [1.82, 2.24) is 14.9 Å². The molecule has 1 heterocycles. The number of benzene rings is 1. The molecule has 1 aromatic heterocycles. The van der Waals surface area contributed by atoms with Crippen LogP contribution >= 0.6 is 11.8 Å². The van der Waals surface area contributed by atoms with E-state index in [1.807, 2.05) is 35.9 Å². The summed E-state index contributed by atoms with van der Waals surface area (Å²) < 4.78 is 2.01. The summed E-state index contributed by atoms with van der Waals surface area (Å²) >= 11 is 1.67. The molecule has 0 spiro atoms. The zero-order chi connectivity index (χ0) is 14.9. The van der Waals surface area contributed by atoms with Crippen LogP contribution in [0.2, 0.25) is 0 Å². The molecular weight excluding hydrogens is 282 g/mol. The maximum absolute atomic E-state index is 12.0. The van der Waals surface area contributed by atoms with Gasteiger partial charge in [-0.05, 0) is 18.9 Å². The molecule has 0 aliphatic rings. The molecule has 1 atom stereocenters. The van der Waals surface area contributed by atoms with Crippen molar-refractivity contribution >= 4 is 17.7 Å². The summed E-state index contributed by atoms with van der Waals surface area (Å²) in [6.07, 6.45) is 6.40. The van der Waals surface area contributed by atoms with Crippen molar-refractivity contribution in [2.45, 2.75) is 30.9 Å². The zero-order valence-corrected chi connectivity index (χ0v) is 13.1. The number of hydrogen-bond acceptors (Lipinski definition) is 3. The maximum atomic E-state index is 12.0. The lowest BCUT2D eigenvalue weighted by atomic mass is 10.2. The standard InChI is InChI=1S/C16H21N3OS/c1-14(21-12-15-6-3-2-4-7-15)16(20)18-8-5-10-19-11-9-17-13-19/h2-4,6-7,9,11,13-14H,5,8,10,12H2,1H3,(H,18,20)/t14-/m1/s1. The Hall–Kier alpha value is -1.75. The third-order valence-corrected chi connectivity index (χ3v) is 4.38. The third kappa shape index (κ3) is 5.63. The molecule has 1 aromatic carbocycles. The first kappa shape index (κ1) is 15.6. The number of hydrogen-bond donors (Lipinski definition) is 1.